The fraction of sp³-hybridized carbons (Fsp3) is 0.370. The van der Waals surface area contributed by atoms with Gasteiger partial charge in [0.15, 0.2) is 0 Å². The van der Waals surface area contributed by atoms with E-state index in [0.29, 0.717) is 39.8 Å². The summed E-state index contributed by atoms with van der Waals surface area (Å²) in [6.07, 6.45) is 1.92. The molecule has 1 N–H and O–H groups in total. The quantitative estimate of drug-likeness (QED) is 0.180. The first-order valence-corrected chi connectivity index (χ1v) is 13.5. The van der Waals surface area contributed by atoms with Gasteiger partial charge >= 0.3 is 5.97 Å². The lowest BCUT2D eigenvalue weighted by atomic mass is 9.95. The lowest BCUT2D eigenvalue weighted by Crippen LogP contribution is -2.31. The largest absolute Gasteiger partial charge is 0.489 e. The van der Waals surface area contributed by atoms with Crippen molar-refractivity contribution < 1.29 is 14.3 Å². The van der Waals surface area contributed by atoms with Gasteiger partial charge in [0, 0.05) is 22.0 Å². The summed E-state index contributed by atoms with van der Waals surface area (Å²) in [7, 11) is 0. The maximum absolute atomic E-state index is 13.3. The van der Waals surface area contributed by atoms with Crippen LogP contribution in [0.3, 0.4) is 0 Å². The maximum atomic E-state index is 13.3. The van der Waals surface area contributed by atoms with Crippen molar-refractivity contribution in [1.82, 2.24) is 14.8 Å². The van der Waals surface area contributed by atoms with Gasteiger partial charge in [-0.15, -0.1) is 5.10 Å². The Morgan fingerprint density at radius 1 is 1.19 bits per heavy atom. The molecular formula is C27H31ClN4O3S. The summed E-state index contributed by atoms with van der Waals surface area (Å²) >= 11 is 7.64. The van der Waals surface area contributed by atoms with E-state index in [-0.39, 0.29) is 6.10 Å². The van der Waals surface area contributed by atoms with Crippen LogP contribution in [0.4, 0.5) is 5.95 Å². The Morgan fingerprint density at radius 3 is 2.67 bits per heavy atom. The normalized spacial score (nSPS) is 15.0. The number of ether oxygens (including phenoxy) is 2. The molecule has 0 radical (unpaired) electrons. The van der Waals surface area contributed by atoms with Crippen molar-refractivity contribution in [1.29, 1.82) is 0 Å². The molecule has 1 aliphatic rings. The number of nitrogens with one attached hydrogen (secondary N) is 1. The van der Waals surface area contributed by atoms with Crippen LogP contribution in [0.15, 0.2) is 65.0 Å². The van der Waals surface area contributed by atoms with Crippen molar-refractivity contribution >= 4 is 35.3 Å². The van der Waals surface area contributed by atoms with Crippen molar-refractivity contribution in [3.63, 3.8) is 0 Å². The Hall–Kier alpha value is -2.97. The number of anilines is 1. The molecule has 0 aliphatic carbocycles. The number of halogens is 1. The molecule has 36 heavy (non-hydrogen) atoms. The maximum Gasteiger partial charge on any atom is 0.338 e. The third-order valence-corrected chi connectivity index (χ3v) is 6.82. The van der Waals surface area contributed by atoms with Gasteiger partial charge in [0.2, 0.25) is 11.1 Å². The molecule has 9 heteroatoms. The van der Waals surface area contributed by atoms with Crippen LogP contribution in [0.25, 0.3) is 0 Å². The van der Waals surface area contributed by atoms with Gasteiger partial charge in [-0.2, -0.15) is 4.98 Å². The number of carbonyl (C=O) groups is 1. The van der Waals surface area contributed by atoms with E-state index in [2.05, 4.69) is 12.2 Å². The van der Waals surface area contributed by atoms with Gasteiger partial charge in [-0.3, -0.25) is 0 Å². The molecule has 0 saturated carbocycles. The van der Waals surface area contributed by atoms with E-state index in [1.54, 1.807) is 16.4 Å². The smallest absolute Gasteiger partial charge is 0.338 e. The predicted molar refractivity (Wildman–Crippen MR) is 144 cm³/mol. The topological polar surface area (TPSA) is 78.3 Å². The predicted octanol–water partition coefficient (Wildman–Crippen LogP) is 6.64. The number of esters is 1. The monoisotopic (exact) mass is 526 g/mol. The molecule has 0 fully saturated rings. The SMILES string of the molecule is CCCCSc1nc2n(n1)C(c1ccccc1OCc1ccc(Cl)cc1)C(C(=O)OC(C)C)=C(C)N2. The fourth-order valence-electron chi connectivity index (χ4n) is 3.91. The first-order chi connectivity index (χ1) is 17.4. The minimum atomic E-state index is -0.554. The summed E-state index contributed by atoms with van der Waals surface area (Å²) in [4.78, 5) is 18.0. The minimum absolute atomic E-state index is 0.257. The van der Waals surface area contributed by atoms with Gasteiger partial charge in [0.05, 0.1) is 11.7 Å². The number of unbranched alkanes of at least 4 members (excludes halogenated alkanes) is 1. The van der Waals surface area contributed by atoms with Crippen LogP contribution >= 0.6 is 23.4 Å². The number of hydrogen-bond acceptors (Lipinski definition) is 7. The number of thioether (sulfide) groups is 1. The van der Waals surface area contributed by atoms with Gasteiger partial charge in [-0.25, -0.2) is 9.48 Å². The lowest BCUT2D eigenvalue weighted by Gasteiger charge is -2.29. The Labute approximate surface area is 221 Å². The minimum Gasteiger partial charge on any atom is -0.489 e. The van der Waals surface area contributed by atoms with Gasteiger partial charge in [-0.05, 0) is 51.0 Å². The number of aromatic nitrogens is 3. The highest BCUT2D eigenvalue weighted by molar-refractivity contribution is 7.99. The zero-order chi connectivity index (χ0) is 25.7. The molecule has 190 valence electrons. The van der Waals surface area contributed by atoms with Crippen LogP contribution in [0, 0.1) is 0 Å². The van der Waals surface area contributed by atoms with Crippen molar-refractivity contribution in [3.8, 4) is 5.75 Å². The molecule has 1 aromatic heterocycles. The summed E-state index contributed by atoms with van der Waals surface area (Å²) in [6, 6.07) is 14.7. The van der Waals surface area contributed by atoms with Crippen molar-refractivity contribution in [2.75, 3.05) is 11.1 Å². The van der Waals surface area contributed by atoms with Gasteiger partial charge in [0.25, 0.3) is 0 Å². The van der Waals surface area contributed by atoms with Crippen molar-refractivity contribution in [2.24, 2.45) is 0 Å². The second-order valence-electron chi connectivity index (χ2n) is 8.84. The molecule has 1 aliphatic heterocycles. The molecule has 4 rings (SSSR count). The molecule has 0 saturated heterocycles. The third-order valence-electron chi connectivity index (χ3n) is 5.65. The number of fused-ring (bicyclic) bond motifs is 1. The van der Waals surface area contributed by atoms with E-state index < -0.39 is 12.0 Å². The second-order valence-corrected chi connectivity index (χ2v) is 10.3. The number of allylic oxidation sites excluding steroid dienone is 1. The Balaban J connectivity index is 1.73. The summed E-state index contributed by atoms with van der Waals surface area (Å²) < 4.78 is 13.7. The van der Waals surface area contributed by atoms with Gasteiger partial charge < -0.3 is 14.8 Å². The van der Waals surface area contributed by atoms with Crippen LogP contribution in [-0.4, -0.2) is 32.6 Å². The molecule has 3 aromatic rings. The summed E-state index contributed by atoms with van der Waals surface area (Å²) in [5.41, 5.74) is 2.96. The van der Waals surface area contributed by atoms with E-state index in [9.17, 15) is 4.79 Å². The van der Waals surface area contributed by atoms with Crippen LogP contribution < -0.4 is 10.1 Å². The molecule has 0 bridgehead atoms. The fourth-order valence-corrected chi connectivity index (χ4v) is 4.95. The first kappa shape index (κ1) is 26.1. The molecule has 2 heterocycles. The zero-order valence-electron chi connectivity index (χ0n) is 21.0. The summed E-state index contributed by atoms with van der Waals surface area (Å²) in [5.74, 6) is 1.78. The van der Waals surface area contributed by atoms with Gasteiger partial charge in [0.1, 0.15) is 18.4 Å². The average molecular weight is 527 g/mol. The average Bonchev–Trinajstić information content (AvgIpc) is 3.25. The highest BCUT2D eigenvalue weighted by atomic mass is 35.5. The second kappa shape index (κ2) is 11.8. The standard InChI is InChI=1S/C27H31ClN4O3S/c1-5-6-15-36-27-30-26-29-18(4)23(25(33)35-17(2)3)24(32(26)31-27)21-9-7-8-10-22(21)34-16-19-11-13-20(28)14-12-19/h7-14,17,24H,5-6,15-16H2,1-4H3,(H,29,30,31). The van der Waals surface area contributed by atoms with Crippen LogP contribution in [0.2, 0.25) is 5.02 Å². The van der Waals surface area contributed by atoms with E-state index in [1.165, 1.54) is 0 Å². The Bertz CT molecular complexity index is 1240. The molecule has 7 nitrogen and oxygen atoms in total. The highest BCUT2D eigenvalue weighted by Crippen LogP contribution is 2.40. The van der Waals surface area contributed by atoms with Crippen LogP contribution in [-0.2, 0) is 16.1 Å². The Morgan fingerprint density at radius 2 is 1.94 bits per heavy atom. The van der Waals surface area contributed by atoms with E-state index in [4.69, 9.17) is 31.2 Å². The molecule has 0 amide bonds. The number of rotatable bonds is 10. The number of hydrogen-bond donors (Lipinski definition) is 1. The number of nitrogens with zero attached hydrogens (tertiary/aromatic N) is 3. The first-order valence-electron chi connectivity index (χ1n) is 12.1. The summed E-state index contributed by atoms with van der Waals surface area (Å²) in [5, 5.41) is 9.39. The highest BCUT2D eigenvalue weighted by Gasteiger charge is 2.37. The van der Waals surface area contributed by atoms with Gasteiger partial charge in [-0.1, -0.05) is 67.0 Å². The molecular weight excluding hydrogens is 496 g/mol. The van der Waals surface area contributed by atoms with Crippen LogP contribution in [0.5, 0.6) is 5.75 Å². The summed E-state index contributed by atoms with van der Waals surface area (Å²) in [6.45, 7) is 8.06. The number of benzene rings is 2. The van der Waals surface area contributed by atoms with E-state index in [0.717, 1.165) is 29.7 Å². The van der Waals surface area contributed by atoms with E-state index in [1.807, 2.05) is 69.3 Å². The molecule has 1 atom stereocenters. The van der Waals surface area contributed by atoms with Crippen LogP contribution in [0.1, 0.15) is 57.7 Å². The van der Waals surface area contributed by atoms with Crippen molar-refractivity contribution in [2.45, 2.75) is 64.4 Å². The molecule has 0 spiro atoms. The van der Waals surface area contributed by atoms with Crippen molar-refractivity contribution in [3.05, 3.63) is 76.0 Å². The Kier molecular flexibility index (Phi) is 8.59. The molecule has 2 aromatic carbocycles. The lowest BCUT2D eigenvalue weighted by molar-refractivity contribution is -0.143. The third kappa shape index (κ3) is 6.05. The zero-order valence-corrected chi connectivity index (χ0v) is 22.5. The number of para-hydroxylation sites is 1. The molecule has 1 unspecified atom stereocenters. The van der Waals surface area contributed by atoms with E-state index >= 15 is 0 Å². The number of carbonyl (C=O) groups excluding carboxylic acids is 1.